The van der Waals surface area contributed by atoms with E-state index in [2.05, 4.69) is 0 Å². The fourth-order valence-electron chi connectivity index (χ4n) is 1.97. The minimum Gasteiger partial charge on any atom is -0.381 e. The van der Waals surface area contributed by atoms with Crippen molar-refractivity contribution in [1.29, 1.82) is 5.26 Å². The van der Waals surface area contributed by atoms with Crippen LogP contribution in [0.25, 0.3) is 0 Å². The van der Waals surface area contributed by atoms with E-state index in [4.69, 9.17) is 10.00 Å². The molecule has 4 nitrogen and oxygen atoms in total. The highest BCUT2D eigenvalue weighted by molar-refractivity contribution is 5.79. The van der Waals surface area contributed by atoms with Gasteiger partial charge in [-0.3, -0.25) is 4.79 Å². The van der Waals surface area contributed by atoms with Crippen molar-refractivity contribution in [1.82, 2.24) is 4.90 Å². The second-order valence-corrected chi connectivity index (χ2v) is 4.51. The Morgan fingerprint density at radius 2 is 2.16 bits per heavy atom. The molecule has 0 N–H and O–H groups in total. The number of nitriles is 1. The first-order valence-electron chi connectivity index (χ1n) is 6.24. The Morgan fingerprint density at radius 1 is 1.42 bits per heavy atom. The van der Waals surface area contributed by atoms with Gasteiger partial charge in [-0.05, 0) is 12.8 Å². The van der Waals surface area contributed by atoms with Gasteiger partial charge >= 0.3 is 6.18 Å². The lowest BCUT2D eigenvalue weighted by molar-refractivity contribution is -0.149. The second-order valence-electron chi connectivity index (χ2n) is 4.51. The molecule has 1 atom stereocenters. The van der Waals surface area contributed by atoms with E-state index in [-0.39, 0.29) is 37.9 Å². The first-order valence-corrected chi connectivity index (χ1v) is 6.24. The number of amides is 1. The Balaban J connectivity index is 2.56. The maximum Gasteiger partial charge on any atom is 0.390 e. The van der Waals surface area contributed by atoms with Gasteiger partial charge in [0.2, 0.25) is 5.91 Å². The summed E-state index contributed by atoms with van der Waals surface area (Å²) in [6.45, 7) is 0.501. The number of halogens is 3. The Labute approximate surface area is 110 Å². The van der Waals surface area contributed by atoms with Crippen LogP contribution in [0.1, 0.15) is 25.7 Å². The minimum atomic E-state index is -4.30. The fraction of sp³-hybridized carbons (Fsp3) is 0.833. The van der Waals surface area contributed by atoms with E-state index >= 15 is 0 Å². The highest BCUT2D eigenvalue weighted by Gasteiger charge is 2.31. The molecule has 1 saturated heterocycles. The maximum absolute atomic E-state index is 12.2. The average Bonchev–Trinajstić information content (AvgIpc) is 2.38. The number of hydrogen-bond donors (Lipinski definition) is 0. The molecule has 1 aliphatic rings. The molecule has 0 aliphatic carbocycles. The van der Waals surface area contributed by atoms with Gasteiger partial charge in [0.25, 0.3) is 0 Å². The van der Waals surface area contributed by atoms with Crippen LogP contribution in [0.4, 0.5) is 13.2 Å². The summed E-state index contributed by atoms with van der Waals surface area (Å²) in [5.41, 5.74) is 0. The third-order valence-electron chi connectivity index (χ3n) is 2.98. The molecule has 0 radical (unpaired) electrons. The van der Waals surface area contributed by atoms with Crippen LogP contribution in [0.15, 0.2) is 0 Å². The van der Waals surface area contributed by atoms with Gasteiger partial charge < -0.3 is 9.64 Å². The minimum absolute atomic E-state index is 0.0389. The zero-order valence-corrected chi connectivity index (χ0v) is 10.6. The summed E-state index contributed by atoms with van der Waals surface area (Å²) in [5.74, 6) is -0.708. The fourth-order valence-corrected chi connectivity index (χ4v) is 1.97. The summed E-state index contributed by atoms with van der Waals surface area (Å²) in [6, 6.07) is 1.85. The van der Waals surface area contributed by atoms with E-state index in [9.17, 15) is 18.0 Å². The number of ether oxygens (including phenoxy) is 1. The largest absolute Gasteiger partial charge is 0.390 e. The van der Waals surface area contributed by atoms with Crippen LogP contribution < -0.4 is 0 Å². The lowest BCUT2D eigenvalue weighted by atomic mass is 10.0. The quantitative estimate of drug-likeness (QED) is 0.774. The van der Waals surface area contributed by atoms with Crippen LogP contribution in [0.2, 0.25) is 0 Å². The Morgan fingerprint density at radius 3 is 2.68 bits per heavy atom. The average molecular weight is 278 g/mol. The maximum atomic E-state index is 12.2. The van der Waals surface area contributed by atoms with E-state index in [1.165, 1.54) is 0 Å². The van der Waals surface area contributed by atoms with Gasteiger partial charge in [-0.15, -0.1) is 0 Å². The lowest BCUT2D eigenvalue weighted by Crippen LogP contribution is -2.41. The van der Waals surface area contributed by atoms with Crippen molar-refractivity contribution in [2.24, 2.45) is 5.92 Å². The summed E-state index contributed by atoms with van der Waals surface area (Å²) in [6.07, 6.45) is -3.93. The molecule has 1 unspecified atom stereocenters. The molecule has 0 aromatic rings. The molecule has 1 rings (SSSR count). The molecule has 1 fully saturated rings. The number of carbonyl (C=O) groups excluding carboxylic acids is 1. The Bertz CT molecular complexity index is 333. The third kappa shape index (κ3) is 5.92. The van der Waals surface area contributed by atoms with Gasteiger partial charge in [-0.2, -0.15) is 18.4 Å². The molecule has 0 spiro atoms. The Kier molecular flexibility index (Phi) is 6.09. The van der Waals surface area contributed by atoms with Crippen LogP contribution in [-0.4, -0.2) is 43.3 Å². The molecule has 1 heterocycles. The number of hydrogen-bond acceptors (Lipinski definition) is 3. The summed E-state index contributed by atoms with van der Waals surface area (Å²) >= 11 is 0. The van der Waals surface area contributed by atoms with E-state index < -0.39 is 12.6 Å². The predicted molar refractivity (Wildman–Crippen MR) is 61.0 cm³/mol. The lowest BCUT2D eigenvalue weighted by Gasteiger charge is -2.29. The standard InChI is InChI=1S/C12H17F3N2O2/c13-12(14,15)4-7-17(6-2-5-16)11(18)10-3-1-8-19-9-10/h10H,1-4,6-9H2. The molecule has 0 aromatic heterocycles. The van der Waals surface area contributed by atoms with Crippen LogP contribution in [-0.2, 0) is 9.53 Å². The molecule has 1 amide bonds. The summed E-state index contributed by atoms with van der Waals surface area (Å²) < 4.78 is 41.8. The van der Waals surface area contributed by atoms with E-state index in [1.54, 1.807) is 0 Å². The summed E-state index contributed by atoms with van der Waals surface area (Å²) in [5, 5.41) is 8.50. The van der Waals surface area contributed by atoms with Crippen molar-refractivity contribution in [3.05, 3.63) is 0 Å². The zero-order valence-electron chi connectivity index (χ0n) is 10.6. The van der Waals surface area contributed by atoms with Crippen molar-refractivity contribution in [2.75, 3.05) is 26.3 Å². The molecule has 1 aliphatic heterocycles. The van der Waals surface area contributed by atoms with Crippen LogP contribution in [0, 0.1) is 17.2 Å². The molecule has 0 saturated carbocycles. The first-order chi connectivity index (χ1) is 8.94. The topological polar surface area (TPSA) is 53.3 Å². The summed E-state index contributed by atoms with van der Waals surface area (Å²) in [7, 11) is 0. The normalized spacial score (nSPS) is 19.8. The SMILES string of the molecule is N#CCCN(CCC(F)(F)F)C(=O)C1CCCOC1. The van der Waals surface area contributed by atoms with Crippen molar-refractivity contribution in [2.45, 2.75) is 31.9 Å². The van der Waals surface area contributed by atoms with E-state index in [0.717, 1.165) is 11.3 Å². The molecular weight excluding hydrogens is 261 g/mol. The monoisotopic (exact) mass is 278 g/mol. The van der Waals surface area contributed by atoms with Crippen LogP contribution >= 0.6 is 0 Å². The van der Waals surface area contributed by atoms with Crippen molar-refractivity contribution >= 4 is 5.91 Å². The van der Waals surface area contributed by atoms with Crippen LogP contribution in [0.5, 0.6) is 0 Å². The molecule has 108 valence electrons. The van der Waals surface area contributed by atoms with Crippen molar-refractivity contribution < 1.29 is 22.7 Å². The van der Waals surface area contributed by atoms with Crippen molar-refractivity contribution in [3.8, 4) is 6.07 Å². The van der Waals surface area contributed by atoms with Gasteiger partial charge in [0.05, 0.1) is 31.4 Å². The van der Waals surface area contributed by atoms with E-state index in [0.29, 0.717) is 13.0 Å². The molecule has 0 aromatic carbocycles. The van der Waals surface area contributed by atoms with Crippen LogP contribution in [0.3, 0.4) is 0 Å². The van der Waals surface area contributed by atoms with Gasteiger partial charge in [0.15, 0.2) is 0 Å². The number of carbonyl (C=O) groups is 1. The Hall–Kier alpha value is -1.29. The van der Waals surface area contributed by atoms with E-state index in [1.807, 2.05) is 6.07 Å². The number of alkyl halides is 3. The number of nitrogens with zero attached hydrogens (tertiary/aromatic N) is 2. The highest BCUT2D eigenvalue weighted by atomic mass is 19.4. The smallest absolute Gasteiger partial charge is 0.381 e. The highest BCUT2D eigenvalue weighted by Crippen LogP contribution is 2.22. The van der Waals surface area contributed by atoms with Crippen molar-refractivity contribution in [3.63, 3.8) is 0 Å². The predicted octanol–water partition coefficient (Wildman–Crippen LogP) is 2.11. The zero-order chi connectivity index (χ0) is 14.3. The van der Waals surface area contributed by atoms with Gasteiger partial charge in [-0.1, -0.05) is 0 Å². The molecular formula is C12H17F3N2O2. The first kappa shape index (κ1) is 15.8. The van der Waals surface area contributed by atoms with Gasteiger partial charge in [-0.25, -0.2) is 0 Å². The molecule has 19 heavy (non-hydrogen) atoms. The number of rotatable bonds is 5. The van der Waals surface area contributed by atoms with Gasteiger partial charge in [0, 0.05) is 19.7 Å². The second kappa shape index (κ2) is 7.34. The molecule has 7 heteroatoms. The third-order valence-corrected chi connectivity index (χ3v) is 2.98. The summed E-state index contributed by atoms with van der Waals surface area (Å²) in [4.78, 5) is 13.2. The molecule has 0 bridgehead atoms. The van der Waals surface area contributed by atoms with Gasteiger partial charge in [0.1, 0.15) is 0 Å².